The molecule has 3 fully saturated rings. The molecule has 3 atom stereocenters. The van der Waals surface area contributed by atoms with Crippen molar-refractivity contribution in [2.45, 2.75) is 57.5 Å². The van der Waals surface area contributed by atoms with Crippen LogP contribution in [0.5, 0.6) is 5.75 Å². The Hall–Kier alpha value is -2.72. The molecule has 0 bridgehead atoms. The number of carbonyl (C=O) groups excluding carboxylic acids is 1. The summed E-state index contributed by atoms with van der Waals surface area (Å²) in [6, 6.07) is -0.0620. The predicted octanol–water partition coefficient (Wildman–Crippen LogP) is 2.77. The largest absolute Gasteiger partial charge is 0.490 e. The fraction of sp³-hybridized carbons (Fsp3) is 0.654. The number of halogens is 1. The number of amides is 1. The molecule has 0 spiro atoms. The molecule has 0 aromatic carbocycles. The van der Waals surface area contributed by atoms with Gasteiger partial charge in [-0.1, -0.05) is 18.5 Å². The molecule has 0 saturated carbocycles. The number of ether oxygens (including phenoxy) is 1. The Morgan fingerprint density at radius 2 is 1.68 bits per heavy atom. The number of nitrogens with zero attached hydrogens (tertiary/aromatic N) is 7. The van der Waals surface area contributed by atoms with E-state index in [1.54, 1.807) is 24.8 Å². The molecule has 5 rings (SSSR count). The number of anilines is 2. The third-order valence-corrected chi connectivity index (χ3v) is 8.26. The fourth-order valence-corrected chi connectivity index (χ4v) is 5.86. The minimum absolute atomic E-state index is 0.0272. The van der Waals surface area contributed by atoms with Crippen molar-refractivity contribution < 1.29 is 9.53 Å². The van der Waals surface area contributed by atoms with Crippen LogP contribution in [0.25, 0.3) is 0 Å². The topological polar surface area (TPSA) is 114 Å². The standard InChI is InChI=1S/C26H37ClN8O2/c1-18(19-5-9-33(10-6-19)25-29-12-20(27)13-30-25)7-11-37-21-14-31-26(32-15-21)34-16-22(28)23(17-34)35-8-3-2-4-24(35)36/h12-15,18-19,22-23H,2-11,16-17,28H2,1H3/t18-,22-,23+/m1/s1. The van der Waals surface area contributed by atoms with E-state index in [-0.39, 0.29) is 18.0 Å². The van der Waals surface area contributed by atoms with Gasteiger partial charge in [-0.2, -0.15) is 0 Å². The Kier molecular flexibility index (Phi) is 8.24. The summed E-state index contributed by atoms with van der Waals surface area (Å²) in [7, 11) is 0. The summed E-state index contributed by atoms with van der Waals surface area (Å²) in [6.07, 6.45) is 12.7. The second kappa shape index (κ2) is 11.8. The van der Waals surface area contributed by atoms with E-state index < -0.39 is 0 Å². The molecule has 3 aliphatic heterocycles. The molecule has 2 aromatic heterocycles. The van der Waals surface area contributed by atoms with Crippen LogP contribution in [-0.4, -0.2) is 82.2 Å². The van der Waals surface area contributed by atoms with Gasteiger partial charge in [0.25, 0.3) is 0 Å². The SMILES string of the molecule is C[C@H](CCOc1cnc(N2C[C@@H](N)[C@@H](N3CCCCC3=O)C2)nc1)C1CCN(c2ncc(Cl)cn2)CC1. The van der Waals surface area contributed by atoms with E-state index in [0.29, 0.717) is 54.7 Å². The molecule has 0 radical (unpaired) electrons. The highest BCUT2D eigenvalue weighted by Crippen LogP contribution is 2.29. The van der Waals surface area contributed by atoms with Crippen LogP contribution in [0.3, 0.4) is 0 Å². The van der Waals surface area contributed by atoms with Crippen molar-refractivity contribution in [3.63, 3.8) is 0 Å². The summed E-state index contributed by atoms with van der Waals surface area (Å²) in [4.78, 5) is 36.4. The van der Waals surface area contributed by atoms with Gasteiger partial charge in [0.2, 0.25) is 17.8 Å². The molecule has 10 nitrogen and oxygen atoms in total. The van der Waals surface area contributed by atoms with Crippen LogP contribution >= 0.6 is 11.6 Å². The number of carbonyl (C=O) groups is 1. The fourth-order valence-electron chi connectivity index (χ4n) is 5.77. The Morgan fingerprint density at radius 3 is 2.38 bits per heavy atom. The molecule has 2 aromatic rings. The molecule has 200 valence electrons. The molecule has 0 aliphatic carbocycles. The van der Waals surface area contributed by atoms with Crippen molar-refractivity contribution in [1.82, 2.24) is 24.8 Å². The van der Waals surface area contributed by atoms with E-state index in [1.807, 2.05) is 4.90 Å². The van der Waals surface area contributed by atoms with Crippen LogP contribution < -0.4 is 20.3 Å². The monoisotopic (exact) mass is 528 g/mol. The number of nitrogens with two attached hydrogens (primary N) is 1. The molecule has 1 amide bonds. The lowest BCUT2D eigenvalue weighted by molar-refractivity contribution is -0.135. The smallest absolute Gasteiger partial charge is 0.225 e. The first kappa shape index (κ1) is 25.9. The van der Waals surface area contributed by atoms with Gasteiger partial charge in [-0.3, -0.25) is 4.79 Å². The normalized spacial score (nSPS) is 24.0. The molecule has 37 heavy (non-hydrogen) atoms. The quantitative estimate of drug-likeness (QED) is 0.552. The van der Waals surface area contributed by atoms with Gasteiger partial charge < -0.3 is 25.2 Å². The lowest BCUT2D eigenvalue weighted by atomic mass is 9.84. The number of piperidine rings is 2. The summed E-state index contributed by atoms with van der Waals surface area (Å²) in [6.45, 7) is 6.98. The van der Waals surface area contributed by atoms with Crippen LogP contribution in [-0.2, 0) is 4.79 Å². The zero-order chi connectivity index (χ0) is 25.8. The average Bonchev–Trinajstić information content (AvgIpc) is 3.31. The third kappa shape index (κ3) is 6.23. The highest BCUT2D eigenvalue weighted by molar-refractivity contribution is 6.30. The van der Waals surface area contributed by atoms with Crippen molar-refractivity contribution in [1.29, 1.82) is 0 Å². The lowest BCUT2D eigenvalue weighted by Crippen LogP contribution is -2.51. The first-order chi connectivity index (χ1) is 18.0. The van der Waals surface area contributed by atoms with Gasteiger partial charge in [-0.15, -0.1) is 0 Å². The van der Waals surface area contributed by atoms with E-state index in [9.17, 15) is 4.79 Å². The Labute approximate surface area is 223 Å². The van der Waals surface area contributed by atoms with Crippen molar-refractivity contribution >= 4 is 29.4 Å². The van der Waals surface area contributed by atoms with Crippen LogP contribution in [0.4, 0.5) is 11.9 Å². The van der Waals surface area contributed by atoms with Crippen molar-refractivity contribution in [2.75, 3.05) is 49.1 Å². The summed E-state index contributed by atoms with van der Waals surface area (Å²) in [5, 5.41) is 0.562. The molecular formula is C26H37ClN8O2. The number of rotatable bonds is 8. The van der Waals surface area contributed by atoms with E-state index in [2.05, 4.69) is 36.7 Å². The first-order valence-corrected chi connectivity index (χ1v) is 13.8. The highest BCUT2D eigenvalue weighted by Gasteiger charge is 2.38. The summed E-state index contributed by atoms with van der Waals surface area (Å²) < 4.78 is 5.97. The van der Waals surface area contributed by atoms with Crippen LogP contribution in [0.2, 0.25) is 5.02 Å². The average molecular weight is 529 g/mol. The van der Waals surface area contributed by atoms with Gasteiger partial charge >= 0.3 is 0 Å². The Bertz CT molecular complexity index is 1030. The Balaban J connectivity index is 1.05. The van der Waals surface area contributed by atoms with E-state index in [0.717, 1.165) is 57.7 Å². The molecule has 5 heterocycles. The highest BCUT2D eigenvalue weighted by atomic mass is 35.5. The molecule has 3 saturated heterocycles. The second-order valence-electron chi connectivity index (χ2n) is 10.5. The maximum Gasteiger partial charge on any atom is 0.225 e. The molecule has 2 N–H and O–H groups in total. The summed E-state index contributed by atoms with van der Waals surface area (Å²) in [5.41, 5.74) is 6.40. The van der Waals surface area contributed by atoms with Crippen molar-refractivity contribution in [3.8, 4) is 5.75 Å². The van der Waals surface area contributed by atoms with Gasteiger partial charge in [0.15, 0.2) is 5.75 Å². The third-order valence-electron chi connectivity index (χ3n) is 8.07. The molecule has 11 heteroatoms. The summed E-state index contributed by atoms with van der Waals surface area (Å²) in [5.74, 6) is 3.51. The maximum absolute atomic E-state index is 12.3. The van der Waals surface area contributed by atoms with Gasteiger partial charge in [-0.25, -0.2) is 19.9 Å². The van der Waals surface area contributed by atoms with Crippen LogP contribution in [0, 0.1) is 11.8 Å². The van der Waals surface area contributed by atoms with Gasteiger partial charge in [0.05, 0.1) is 42.5 Å². The maximum atomic E-state index is 12.3. The zero-order valence-corrected chi connectivity index (χ0v) is 22.3. The van der Waals surface area contributed by atoms with E-state index in [4.69, 9.17) is 22.1 Å². The van der Waals surface area contributed by atoms with Crippen LogP contribution in [0.15, 0.2) is 24.8 Å². The number of hydrogen-bond donors (Lipinski definition) is 1. The van der Waals surface area contributed by atoms with Gasteiger partial charge in [0.1, 0.15) is 0 Å². The first-order valence-electron chi connectivity index (χ1n) is 13.5. The Morgan fingerprint density at radius 1 is 1.00 bits per heavy atom. The van der Waals surface area contributed by atoms with Crippen LogP contribution in [0.1, 0.15) is 45.4 Å². The van der Waals surface area contributed by atoms with Gasteiger partial charge in [-0.05, 0) is 43.9 Å². The summed E-state index contributed by atoms with van der Waals surface area (Å²) >= 11 is 5.91. The van der Waals surface area contributed by atoms with E-state index in [1.165, 1.54) is 0 Å². The number of aromatic nitrogens is 4. The lowest BCUT2D eigenvalue weighted by Gasteiger charge is -2.34. The van der Waals surface area contributed by atoms with Crippen molar-refractivity contribution in [2.24, 2.45) is 17.6 Å². The predicted molar refractivity (Wildman–Crippen MR) is 143 cm³/mol. The molecular weight excluding hydrogens is 492 g/mol. The minimum Gasteiger partial charge on any atom is -0.490 e. The second-order valence-corrected chi connectivity index (χ2v) is 11.0. The zero-order valence-electron chi connectivity index (χ0n) is 21.5. The molecule has 0 unspecified atom stereocenters. The van der Waals surface area contributed by atoms with Gasteiger partial charge in [0, 0.05) is 45.2 Å². The van der Waals surface area contributed by atoms with E-state index >= 15 is 0 Å². The number of likely N-dealkylation sites (tertiary alicyclic amines) is 1. The number of hydrogen-bond acceptors (Lipinski definition) is 9. The minimum atomic E-state index is -0.0892. The van der Waals surface area contributed by atoms with Crippen molar-refractivity contribution in [3.05, 3.63) is 29.8 Å². The molecule has 3 aliphatic rings.